The van der Waals surface area contributed by atoms with Gasteiger partial charge in [0.25, 0.3) is 0 Å². The predicted molar refractivity (Wildman–Crippen MR) is 103 cm³/mol. The molecule has 0 spiro atoms. The zero-order chi connectivity index (χ0) is 18.1. The highest BCUT2D eigenvalue weighted by Crippen LogP contribution is 2.38. The first-order chi connectivity index (χ1) is 12.6. The van der Waals surface area contributed by atoms with Crippen LogP contribution in [0.2, 0.25) is 0 Å². The fourth-order valence-electron chi connectivity index (χ4n) is 3.64. The highest BCUT2D eigenvalue weighted by molar-refractivity contribution is 8.00. The number of benzene rings is 1. The molecule has 1 saturated heterocycles. The number of hydrogen-bond acceptors (Lipinski definition) is 5. The average molecular weight is 372 g/mol. The number of aryl methyl sites for hydroxylation is 2. The molecule has 2 atom stereocenters. The Hall–Kier alpha value is -2.02. The monoisotopic (exact) mass is 371 g/mol. The van der Waals surface area contributed by atoms with Crippen LogP contribution in [0.1, 0.15) is 48.7 Å². The maximum Gasteiger partial charge on any atom is 0.238 e. The van der Waals surface area contributed by atoms with Crippen molar-refractivity contribution in [2.75, 3.05) is 18.5 Å². The summed E-state index contributed by atoms with van der Waals surface area (Å²) in [5.41, 5.74) is 5.83. The smallest absolute Gasteiger partial charge is 0.238 e. The van der Waals surface area contributed by atoms with Crippen molar-refractivity contribution in [3.05, 3.63) is 41.2 Å². The first-order valence-corrected chi connectivity index (χ1v) is 10.2. The van der Waals surface area contributed by atoms with Crippen LogP contribution in [-0.2, 0) is 4.79 Å². The molecule has 1 aromatic carbocycles. The molecule has 26 heavy (non-hydrogen) atoms. The van der Waals surface area contributed by atoms with Gasteiger partial charge in [-0.1, -0.05) is 54.4 Å². The third kappa shape index (κ3) is 3.32. The fraction of sp³-hybridized carbons (Fsp3) is 0.526. The van der Waals surface area contributed by atoms with E-state index in [0.29, 0.717) is 0 Å². The number of nitrogens with zero attached hydrogens (tertiary/aromatic N) is 4. The first-order valence-electron chi connectivity index (χ1n) is 9.34. The second-order valence-corrected chi connectivity index (χ2v) is 8.27. The minimum absolute atomic E-state index is 0.0986. The Morgan fingerprint density at radius 1 is 1.08 bits per heavy atom. The van der Waals surface area contributed by atoms with Gasteiger partial charge in [-0.25, -0.2) is 4.68 Å². The van der Waals surface area contributed by atoms with Gasteiger partial charge < -0.3 is 10.3 Å². The molecule has 2 aromatic rings. The van der Waals surface area contributed by atoms with E-state index in [1.807, 2.05) is 16.5 Å². The Bertz CT molecular complexity index is 780. The summed E-state index contributed by atoms with van der Waals surface area (Å²) in [6, 6.07) is 8.33. The highest BCUT2D eigenvalue weighted by Gasteiger charge is 2.39. The maximum atomic E-state index is 13.4. The molecule has 1 N–H and O–H groups in total. The summed E-state index contributed by atoms with van der Waals surface area (Å²) in [6.07, 6.45) is 4.63. The second kappa shape index (κ2) is 7.31. The lowest BCUT2D eigenvalue weighted by Crippen LogP contribution is -2.46. The lowest BCUT2D eigenvalue weighted by molar-refractivity contribution is -0.131. The van der Waals surface area contributed by atoms with Gasteiger partial charge >= 0.3 is 0 Å². The number of aromatic nitrogens is 3. The summed E-state index contributed by atoms with van der Waals surface area (Å²) < 4.78 is 1.90. The summed E-state index contributed by atoms with van der Waals surface area (Å²) in [5.74, 6) is 1.02. The average Bonchev–Trinajstić information content (AvgIpc) is 2.86. The van der Waals surface area contributed by atoms with E-state index < -0.39 is 0 Å². The van der Waals surface area contributed by atoms with Gasteiger partial charge in [-0.15, -0.1) is 10.2 Å². The lowest BCUT2D eigenvalue weighted by Gasteiger charge is -2.35. The van der Waals surface area contributed by atoms with E-state index in [1.54, 1.807) is 0 Å². The minimum atomic E-state index is -0.230. The molecule has 1 amide bonds. The van der Waals surface area contributed by atoms with E-state index in [4.69, 9.17) is 0 Å². The van der Waals surface area contributed by atoms with E-state index >= 15 is 0 Å². The molecule has 0 saturated carbocycles. The van der Waals surface area contributed by atoms with Crippen molar-refractivity contribution in [3.63, 3.8) is 0 Å². The molecule has 3 heterocycles. The molecular formula is C19H25N5OS. The van der Waals surface area contributed by atoms with Gasteiger partial charge in [0, 0.05) is 13.1 Å². The Balaban J connectivity index is 1.66. The molecule has 7 heteroatoms. The SMILES string of the molecule is Cc1ccc([C@@H]2Nn3c(C)nnc3S[C@H]2C(=O)N2CCCCCC2)cc1. The molecule has 1 fully saturated rings. The zero-order valence-electron chi connectivity index (χ0n) is 15.3. The number of hydrogen-bond donors (Lipinski definition) is 1. The molecule has 2 aliphatic heterocycles. The van der Waals surface area contributed by atoms with Gasteiger partial charge in [-0.05, 0) is 32.3 Å². The minimum Gasteiger partial charge on any atom is -0.342 e. The lowest BCUT2D eigenvalue weighted by atomic mass is 10.0. The van der Waals surface area contributed by atoms with Crippen LogP contribution in [0.25, 0.3) is 0 Å². The van der Waals surface area contributed by atoms with Crippen LogP contribution in [0.4, 0.5) is 0 Å². The molecule has 0 unspecified atom stereocenters. The van der Waals surface area contributed by atoms with Crippen molar-refractivity contribution in [2.24, 2.45) is 0 Å². The fourth-order valence-corrected chi connectivity index (χ4v) is 4.85. The molecular weight excluding hydrogens is 346 g/mol. The number of amides is 1. The third-order valence-corrected chi connectivity index (χ3v) is 6.40. The highest BCUT2D eigenvalue weighted by atomic mass is 32.2. The molecule has 6 nitrogen and oxygen atoms in total. The number of fused-ring (bicyclic) bond motifs is 1. The number of nitrogens with one attached hydrogen (secondary N) is 1. The largest absolute Gasteiger partial charge is 0.342 e. The van der Waals surface area contributed by atoms with Crippen LogP contribution in [0.15, 0.2) is 29.4 Å². The van der Waals surface area contributed by atoms with Crippen molar-refractivity contribution in [3.8, 4) is 0 Å². The number of carbonyl (C=O) groups is 1. The Morgan fingerprint density at radius 3 is 2.46 bits per heavy atom. The Morgan fingerprint density at radius 2 is 1.77 bits per heavy atom. The van der Waals surface area contributed by atoms with Crippen LogP contribution in [-0.4, -0.2) is 44.0 Å². The normalized spacial score (nSPS) is 23.1. The van der Waals surface area contributed by atoms with E-state index in [0.717, 1.165) is 42.5 Å². The topological polar surface area (TPSA) is 63.1 Å². The van der Waals surface area contributed by atoms with E-state index in [1.165, 1.54) is 30.2 Å². The second-order valence-electron chi connectivity index (χ2n) is 7.16. The van der Waals surface area contributed by atoms with Crippen LogP contribution < -0.4 is 5.43 Å². The molecule has 2 aliphatic rings. The maximum absolute atomic E-state index is 13.4. The Labute approximate surface area is 158 Å². The van der Waals surface area contributed by atoms with E-state index in [2.05, 4.69) is 46.8 Å². The number of rotatable bonds is 2. The summed E-state index contributed by atoms with van der Waals surface area (Å²) in [7, 11) is 0. The standard InChI is InChI=1S/C19H25N5OS/c1-13-7-9-15(10-8-13)16-17(18(25)23-11-5-3-4-6-12-23)26-19-21-20-14(2)24(19)22-16/h7-10,16-17,22H,3-6,11-12H2,1-2H3/t16-,17+/m0/s1. The van der Waals surface area contributed by atoms with Gasteiger partial charge in [0.1, 0.15) is 11.1 Å². The number of likely N-dealkylation sites (tertiary alicyclic amines) is 1. The third-order valence-electron chi connectivity index (χ3n) is 5.20. The number of thioether (sulfide) groups is 1. The van der Waals surface area contributed by atoms with Gasteiger partial charge in [0.2, 0.25) is 11.1 Å². The number of carbonyl (C=O) groups excluding carboxylic acids is 1. The summed E-state index contributed by atoms with van der Waals surface area (Å²) >= 11 is 1.53. The first kappa shape index (κ1) is 17.4. The van der Waals surface area contributed by atoms with E-state index in [-0.39, 0.29) is 17.2 Å². The van der Waals surface area contributed by atoms with Crippen LogP contribution >= 0.6 is 11.8 Å². The molecule has 4 rings (SSSR count). The van der Waals surface area contributed by atoms with Gasteiger partial charge in [-0.3, -0.25) is 4.79 Å². The van der Waals surface area contributed by atoms with Crippen molar-refractivity contribution < 1.29 is 4.79 Å². The van der Waals surface area contributed by atoms with Gasteiger partial charge in [-0.2, -0.15) is 0 Å². The molecule has 1 aromatic heterocycles. The van der Waals surface area contributed by atoms with Crippen molar-refractivity contribution in [2.45, 2.75) is 56.0 Å². The van der Waals surface area contributed by atoms with Crippen LogP contribution in [0.5, 0.6) is 0 Å². The van der Waals surface area contributed by atoms with Gasteiger partial charge in [0.15, 0.2) is 0 Å². The summed E-state index contributed by atoms with van der Waals surface area (Å²) in [4.78, 5) is 15.4. The van der Waals surface area contributed by atoms with Crippen LogP contribution in [0, 0.1) is 13.8 Å². The van der Waals surface area contributed by atoms with Crippen molar-refractivity contribution >= 4 is 17.7 Å². The summed E-state index contributed by atoms with van der Waals surface area (Å²) in [5, 5.41) is 8.94. The quantitative estimate of drug-likeness (QED) is 0.879. The Kier molecular flexibility index (Phi) is 4.89. The zero-order valence-corrected chi connectivity index (χ0v) is 16.1. The predicted octanol–water partition coefficient (Wildman–Crippen LogP) is 3.06. The molecule has 0 aliphatic carbocycles. The molecule has 138 valence electrons. The van der Waals surface area contributed by atoms with Crippen molar-refractivity contribution in [1.82, 2.24) is 19.8 Å². The van der Waals surface area contributed by atoms with E-state index in [9.17, 15) is 4.79 Å². The van der Waals surface area contributed by atoms with Gasteiger partial charge in [0.05, 0.1) is 6.04 Å². The molecule has 0 radical (unpaired) electrons. The molecule has 0 bridgehead atoms. The van der Waals surface area contributed by atoms with Crippen LogP contribution in [0.3, 0.4) is 0 Å². The van der Waals surface area contributed by atoms with Crippen molar-refractivity contribution in [1.29, 1.82) is 0 Å². The summed E-state index contributed by atoms with van der Waals surface area (Å²) in [6.45, 7) is 5.73.